The quantitative estimate of drug-likeness (QED) is 0.502. The summed E-state index contributed by atoms with van der Waals surface area (Å²) in [6, 6.07) is 7.48. The van der Waals surface area contributed by atoms with Crippen LogP contribution in [0.2, 0.25) is 0 Å². The molecule has 0 saturated heterocycles. The van der Waals surface area contributed by atoms with E-state index in [9.17, 15) is 14.0 Å². The minimum absolute atomic E-state index is 0.0835. The lowest BCUT2D eigenvalue weighted by molar-refractivity contribution is -0.119. The molecule has 0 spiro atoms. The number of nitrogens with zero attached hydrogens (tertiary/aromatic N) is 2. The van der Waals surface area contributed by atoms with Crippen molar-refractivity contribution in [1.82, 2.24) is 19.9 Å². The summed E-state index contributed by atoms with van der Waals surface area (Å²) in [5.41, 5.74) is 1.94. The number of H-pyrrole nitrogens is 1. The van der Waals surface area contributed by atoms with Gasteiger partial charge in [0.25, 0.3) is 5.56 Å². The number of carbonyl (C=O) groups excluding carboxylic acids is 1. The average molecular weight is 388 g/mol. The third-order valence-corrected chi connectivity index (χ3v) is 5.13. The van der Waals surface area contributed by atoms with E-state index in [2.05, 4.69) is 15.3 Å². The SMILES string of the molecule is CCC(C)NC(=O)CSc1nc2cc(C)[nH]c2c(=O)n1-c1ccc(F)cc1. The number of hydrogen-bond donors (Lipinski definition) is 2. The summed E-state index contributed by atoms with van der Waals surface area (Å²) < 4.78 is 14.7. The highest BCUT2D eigenvalue weighted by Gasteiger charge is 2.16. The van der Waals surface area contributed by atoms with Gasteiger partial charge >= 0.3 is 0 Å². The van der Waals surface area contributed by atoms with E-state index in [4.69, 9.17) is 0 Å². The number of benzene rings is 1. The summed E-state index contributed by atoms with van der Waals surface area (Å²) >= 11 is 1.18. The zero-order valence-electron chi connectivity index (χ0n) is 15.4. The summed E-state index contributed by atoms with van der Waals surface area (Å²) in [6.45, 7) is 5.77. The lowest BCUT2D eigenvalue weighted by Gasteiger charge is -2.13. The molecular weight excluding hydrogens is 367 g/mol. The molecule has 8 heteroatoms. The first kappa shape index (κ1) is 19.2. The van der Waals surface area contributed by atoms with Crippen LogP contribution in [0.4, 0.5) is 4.39 Å². The van der Waals surface area contributed by atoms with Gasteiger partial charge in [0.15, 0.2) is 5.16 Å². The number of amides is 1. The molecule has 0 aliphatic rings. The molecule has 1 amide bonds. The van der Waals surface area contributed by atoms with Gasteiger partial charge in [-0.15, -0.1) is 0 Å². The zero-order valence-corrected chi connectivity index (χ0v) is 16.2. The van der Waals surface area contributed by atoms with E-state index in [1.54, 1.807) is 6.07 Å². The molecule has 0 aliphatic heterocycles. The molecule has 142 valence electrons. The van der Waals surface area contributed by atoms with Crippen LogP contribution >= 0.6 is 11.8 Å². The second kappa shape index (κ2) is 7.96. The molecule has 2 N–H and O–H groups in total. The second-order valence-corrected chi connectivity index (χ2v) is 7.33. The summed E-state index contributed by atoms with van der Waals surface area (Å²) in [5, 5.41) is 3.28. The summed E-state index contributed by atoms with van der Waals surface area (Å²) in [4.78, 5) is 32.7. The topological polar surface area (TPSA) is 79.8 Å². The van der Waals surface area contributed by atoms with Crippen LogP contribution in [0.25, 0.3) is 16.7 Å². The van der Waals surface area contributed by atoms with Crippen molar-refractivity contribution < 1.29 is 9.18 Å². The smallest absolute Gasteiger partial charge is 0.283 e. The predicted octanol–water partition coefficient (Wildman–Crippen LogP) is 3.17. The Hall–Kier alpha value is -2.61. The predicted molar refractivity (Wildman–Crippen MR) is 105 cm³/mol. The number of fused-ring (bicyclic) bond motifs is 1. The fraction of sp³-hybridized carbons (Fsp3) is 0.316. The summed E-state index contributed by atoms with van der Waals surface area (Å²) in [5.74, 6) is -0.384. The fourth-order valence-electron chi connectivity index (χ4n) is 2.64. The second-order valence-electron chi connectivity index (χ2n) is 6.39. The van der Waals surface area contributed by atoms with Gasteiger partial charge in [-0.1, -0.05) is 18.7 Å². The van der Waals surface area contributed by atoms with Gasteiger partial charge in [0.05, 0.1) is 17.0 Å². The standard InChI is InChI=1S/C19H21FN4O2S/c1-4-11(2)21-16(25)10-27-19-23-15-9-12(3)22-17(15)18(26)24(19)14-7-5-13(20)6-8-14/h5-9,11,22H,4,10H2,1-3H3,(H,21,25). The van der Waals surface area contributed by atoms with Crippen LogP contribution in [0.5, 0.6) is 0 Å². The van der Waals surface area contributed by atoms with Crippen LogP contribution in [-0.4, -0.2) is 32.2 Å². The highest BCUT2D eigenvalue weighted by atomic mass is 32.2. The first-order chi connectivity index (χ1) is 12.9. The molecule has 2 heterocycles. The highest BCUT2D eigenvalue weighted by Crippen LogP contribution is 2.22. The Bertz CT molecular complexity index is 1030. The van der Waals surface area contributed by atoms with E-state index >= 15 is 0 Å². The molecule has 0 fully saturated rings. The molecule has 3 rings (SSSR count). The van der Waals surface area contributed by atoms with Gasteiger partial charge in [-0.3, -0.25) is 14.2 Å². The van der Waals surface area contributed by atoms with Gasteiger partial charge in [0, 0.05) is 11.7 Å². The Morgan fingerprint density at radius 1 is 1.37 bits per heavy atom. The van der Waals surface area contributed by atoms with E-state index in [0.717, 1.165) is 12.1 Å². The maximum Gasteiger partial charge on any atom is 0.283 e. The fourth-order valence-corrected chi connectivity index (χ4v) is 3.46. The molecule has 2 aromatic heterocycles. The third kappa shape index (κ3) is 4.21. The van der Waals surface area contributed by atoms with Gasteiger partial charge in [0.2, 0.25) is 5.91 Å². The van der Waals surface area contributed by atoms with Crippen molar-refractivity contribution in [3.8, 4) is 5.69 Å². The molecule has 1 atom stereocenters. The van der Waals surface area contributed by atoms with Crippen molar-refractivity contribution >= 4 is 28.7 Å². The van der Waals surface area contributed by atoms with E-state index in [1.807, 2.05) is 20.8 Å². The molecule has 3 aromatic rings. The van der Waals surface area contributed by atoms with Crippen molar-refractivity contribution in [1.29, 1.82) is 0 Å². The highest BCUT2D eigenvalue weighted by molar-refractivity contribution is 7.99. The Kier molecular flexibility index (Phi) is 5.65. The third-order valence-electron chi connectivity index (χ3n) is 4.19. The van der Waals surface area contributed by atoms with E-state index in [1.165, 1.54) is 40.6 Å². The number of aryl methyl sites for hydroxylation is 1. The van der Waals surface area contributed by atoms with Crippen LogP contribution in [0, 0.1) is 12.7 Å². The van der Waals surface area contributed by atoms with E-state index < -0.39 is 5.82 Å². The minimum Gasteiger partial charge on any atom is -0.353 e. The maximum atomic E-state index is 13.3. The lowest BCUT2D eigenvalue weighted by atomic mass is 10.3. The average Bonchev–Trinajstić information content (AvgIpc) is 3.01. The molecule has 0 bridgehead atoms. The van der Waals surface area contributed by atoms with Crippen LogP contribution in [0.15, 0.2) is 40.3 Å². The molecule has 6 nitrogen and oxygen atoms in total. The number of carbonyl (C=O) groups is 1. The number of aromatic amines is 1. The number of hydrogen-bond acceptors (Lipinski definition) is 4. The first-order valence-electron chi connectivity index (χ1n) is 8.69. The van der Waals surface area contributed by atoms with Crippen LogP contribution in [0.1, 0.15) is 26.0 Å². The van der Waals surface area contributed by atoms with Gasteiger partial charge in [0.1, 0.15) is 11.3 Å². The molecule has 1 aromatic carbocycles. The summed E-state index contributed by atoms with van der Waals surface area (Å²) in [6.07, 6.45) is 0.837. The number of halogens is 1. The molecule has 1 unspecified atom stereocenters. The zero-order chi connectivity index (χ0) is 19.6. The summed E-state index contributed by atoms with van der Waals surface area (Å²) in [7, 11) is 0. The van der Waals surface area contributed by atoms with Crippen molar-refractivity contribution in [2.75, 3.05) is 5.75 Å². The van der Waals surface area contributed by atoms with Crippen molar-refractivity contribution in [3.05, 3.63) is 52.2 Å². The van der Waals surface area contributed by atoms with Gasteiger partial charge < -0.3 is 10.3 Å². The largest absolute Gasteiger partial charge is 0.353 e. The number of aromatic nitrogens is 3. The molecule has 0 radical (unpaired) electrons. The molecule has 0 saturated carbocycles. The van der Waals surface area contributed by atoms with Crippen LogP contribution in [-0.2, 0) is 4.79 Å². The Balaban J connectivity index is 2.01. The number of thioether (sulfide) groups is 1. The Labute approximate surface area is 160 Å². The van der Waals surface area contributed by atoms with E-state index in [-0.39, 0.29) is 23.3 Å². The normalized spacial score (nSPS) is 12.3. The Morgan fingerprint density at radius 3 is 2.74 bits per heavy atom. The first-order valence-corrected chi connectivity index (χ1v) is 9.68. The van der Waals surface area contributed by atoms with Crippen LogP contribution < -0.4 is 10.9 Å². The van der Waals surface area contributed by atoms with Gasteiger partial charge in [-0.05, 0) is 50.6 Å². The van der Waals surface area contributed by atoms with Crippen molar-refractivity contribution in [2.24, 2.45) is 0 Å². The van der Waals surface area contributed by atoms with Crippen LogP contribution in [0.3, 0.4) is 0 Å². The molecule has 27 heavy (non-hydrogen) atoms. The van der Waals surface area contributed by atoms with Crippen molar-refractivity contribution in [2.45, 2.75) is 38.4 Å². The maximum absolute atomic E-state index is 13.3. The number of rotatable bonds is 6. The minimum atomic E-state index is -0.390. The Morgan fingerprint density at radius 2 is 2.07 bits per heavy atom. The molecular formula is C19H21FN4O2S. The van der Waals surface area contributed by atoms with E-state index in [0.29, 0.717) is 21.9 Å². The number of nitrogens with one attached hydrogen (secondary N) is 2. The molecule has 0 aliphatic carbocycles. The van der Waals surface area contributed by atoms with Crippen molar-refractivity contribution in [3.63, 3.8) is 0 Å². The monoisotopic (exact) mass is 388 g/mol. The van der Waals surface area contributed by atoms with Gasteiger partial charge in [-0.25, -0.2) is 9.37 Å². The van der Waals surface area contributed by atoms with Gasteiger partial charge in [-0.2, -0.15) is 0 Å². The lowest BCUT2D eigenvalue weighted by Crippen LogP contribution is -2.33.